The quantitative estimate of drug-likeness (QED) is 0.338. The van der Waals surface area contributed by atoms with Crippen LogP contribution in [0.25, 0.3) is 0 Å². The zero-order chi connectivity index (χ0) is 24.2. The van der Waals surface area contributed by atoms with Crippen LogP contribution in [0.3, 0.4) is 0 Å². The Morgan fingerprint density at radius 1 is 0.971 bits per heavy atom. The maximum atomic E-state index is 12.8. The van der Waals surface area contributed by atoms with Crippen molar-refractivity contribution in [3.05, 3.63) is 82.7 Å². The number of aryl methyl sites for hydroxylation is 1. The monoisotopic (exact) mass is 460 g/mol. The molecule has 0 spiro atoms. The van der Waals surface area contributed by atoms with Crippen molar-refractivity contribution in [3.63, 3.8) is 0 Å². The molecule has 0 unspecified atom stereocenters. The van der Waals surface area contributed by atoms with Gasteiger partial charge in [0.15, 0.2) is 5.78 Å². The highest BCUT2D eigenvalue weighted by Crippen LogP contribution is 2.24. The molecular weight excluding hydrogens is 436 g/mol. The third-order valence-electron chi connectivity index (χ3n) is 5.65. The van der Waals surface area contributed by atoms with Gasteiger partial charge in [-0.1, -0.05) is 24.3 Å². The number of phenols is 1. The van der Waals surface area contributed by atoms with E-state index >= 15 is 0 Å². The van der Waals surface area contributed by atoms with Crippen LogP contribution in [0.5, 0.6) is 5.75 Å². The molecule has 4 rings (SSSR count). The van der Waals surface area contributed by atoms with Crippen LogP contribution in [-0.4, -0.2) is 57.8 Å². The van der Waals surface area contributed by atoms with Gasteiger partial charge in [-0.2, -0.15) is 0 Å². The summed E-state index contributed by atoms with van der Waals surface area (Å²) in [6.07, 6.45) is 1.40. The lowest BCUT2D eigenvalue weighted by atomic mass is 9.99. The van der Waals surface area contributed by atoms with E-state index < -0.39 is 5.91 Å². The second-order valence-electron chi connectivity index (χ2n) is 8.00. The Morgan fingerprint density at radius 3 is 2.29 bits per heavy atom. The van der Waals surface area contributed by atoms with Crippen molar-refractivity contribution < 1.29 is 19.5 Å². The van der Waals surface area contributed by atoms with Crippen LogP contribution in [-0.2, 0) is 0 Å². The number of aromatic nitrogens is 2. The van der Waals surface area contributed by atoms with Gasteiger partial charge in [-0.3, -0.25) is 14.4 Å². The number of hydrogen-bond donors (Lipinski definition) is 5. The molecular formula is C24H24N6O4. The van der Waals surface area contributed by atoms with Gasteiger partial charge in [0.25, 0.3) is 11.8 Å². The van der Waals surface area contributed by atoms with Gasteiger partial charge >= 0.3 is 0 Å². The minimum Gasteiger partial charge on any atom is -0.507 e. The van der Waals surface area contributed by atoms with Crippen LogP contribution in [0.1, 0.15) is 42.3 Å². The van der Waals surface area contributed by atoms with E-state index in [9.17, 15) is 19.5 Å². The second kappa shape index (κ2) is 9.67. The largest absolute Gasteiger partial charge is 0.507 e. The van der Waals surface area contributed by atoms with Gasteiger partial charge in [-0.05, 0) is 36.8 Å². The van der Waals surface area contributed by atoms with E-state index in [0.717, 1.165) is 0 Å². The van der Waals surface area contributed by atoms with Gasteiger partial charge in [0.1, 0.15) is 11.4 Å². The first-order chi connectivity index (χ1) is 16.3. The first kappa shape index (κ1) is 22.9. The molecule has 1 aromatic heterocycles. The summed E-state index contributed by atoms with van der Waals surface area (Å²) in [5, 5.41) is 19.1. The lowest BCUT2D eigenvalue weighted by Gasteiger charge is -2.21. The van der Waals surface area contributed by atoms with Gasteiger partial charge < -0.3 is 26.8 Å². The summed E-state index contributed by atoms with van der Waals surface area (Å²) in [4.78, 5) is 45.7. The van der Waals surface area contributed by atoms with E-state index in [0.29, 0.717) is 29.8 Å². The summed E-state index contributed by atoms with van der Waals surface area (Å²) in [7, 11) is 0. The first-order valence-corrected chi connectivity index (χ1v) is 10.7. The van der Waals surface area contributed by atoms with Crippen LogP contribution in [0.15, 0.2) is 54.7 Å². The molecule has 0 radical (unpaired) electrons. The number of nitrogens with two attached hydrogens (primary N) is 1. The Hall–Kier alpha value is -4.31. The topological polar surface area (TPSA) is 159 Å². The van der Waals surface area contributed by atoms with E-state index in [4.69, 9.17) is 5.73 Å². The summed E-state index contributed by atoms with van der Waals surface area (Å²) in [5.41, 5.74) is 7.21. The lowest BCUT2D eigenvalue weighted by Crippen LogP contribution is -2.51. The summed E-state index contributed by atoms with van der Waals surface area (Å²) in [5.74, 6) is -1.13. The van der Waals surface area contributed by atoms with Gasteiger partial charge in [-0.15, -0.1) is 0 Å². The number of anilines is 1. The molecule has 10 heteroatoms. The number of aromatic hydroxyl groups is 1. The number of rotatable bonds is 6. The molecule has 1 saturated heterocycles. The van der Waals surface area contributed by atoms with Gasteiger partial charge in [0.05, 0.1) is 17.6 Å². The Morgan fingerprint density at radius 2 is 1.62 bits per heavy atom. The Kier molecular flexibility index (Phi) is 6.51. The third-order valence-corrected chi connectivity index (χ3v) is 5.65. The zero-order valence-corrected chi connectivity index (χ0v) is 18.4. The molecule has 1 aliphatic rings. The number of amides is 2. The first-order valence-electron chi connectivity index (χ1n) is 10.7. The average molecular weight is 460 g/mol. The summed E-state index contributed by atoms with van der Waals surface area (Å²) >= 11 is 0. The number of carbonyl (C=O) groups is 3. The maximum absolute atomic E-state index is 12.8. The number of nitrogens with zero attached hydrogens (tertiary/aromatic N) is 2. The number of carbonyl (C=O) groups excluding carboxylic acids is 3. The highest BCUT2D eigenvalue weighted by Gasteiger charge is 2.30. The molecule has 10 nitrogen and oxygen atoms in total. The van der Waals surface area contributed by atoms with Crippen molar-refractivity contribution in [1.29, 1.82) is 0 Å². The van der Waals surface area contributed by atoms with Crippen molar-refractivity contribution in [2.75, 3.05) is 18.8 Å². The van der Waals surface area contributed by atoms with Crippen LogP contribution < -0.4 is 21.7 Å². The third kappa shape index (κ3) is 4.86. The summed E-state index contributed by atoms with van der Waals surface area (Å²) < 4.78 is 0. The molecule has 3 aromatic rings. The van der Waals surface area contributed by atoms with Gasteiger partial charge in [0.2, 0.25) is 5.95 Å². The predicted octanol–water partition coefficient (Wildman–Crippen LogP) is 0.804. The Labute approximate surface area is 195 Å². The van der Waals surface area contributed by atoms with Crippen molar-refractivity contribution in [2.24, 2.45) is 0 Å². The smallest absolute Gasteiger partial charge is 0.270 e. The number of phenolic OH excluding ortho intramolecular Hbond substituents is 1. The van der Waals surface area contributed by atoms with Crippen LogP contribution >= 0.6 is 0 Å². The van der Waals surface area contributed by atoms with Crippen LogP contribution in [0.4, 0.5) is 5.95 Å². The molecule has 34 heavy (non-hydrogen) atoms. The minimum absolute atomic E-state index is 0.00147. The standard InChI is InChI=1S/C24H24N6O4/c1-13-3-2-4-16(20(13)31)21(32)14-5-7-15(8-6-14)22(33)28-18-11-26-12-19(18)29-23(34)17-9-10-27-24(25)30-17/h2-10,18-19,26,31H,11-12H2,1H3,(H,28,33)(H,29,34)(H2,25,27,30)/t18-,19-/m1/s1. The summed E-state index contributed by atoms with van der Waals surface area (Å²) in [6.45, 7) is 2.67. The van der Waals surface area contributed by atoms with Crippen molar-refractivity contribution in [1.82, 2.24) is 25.9 Å². The van der Waals surface area contributed by atoms with E-state index in [1.165, 1.54) is 12.3 Å². The number of nitrogens with one attached hydrogen (secondary N) is 3. The second-order valence-corrected chi connectivity index (χ2v) is 8.00. The number of ketones is 1. The average Bonchev–Trinajstić information content (AvgIpc) is 3.26. The normalized spacial score (nSPS) is 17.2. The molecule has 2 aromatic carbocycles. The zero-order valence-electron chi connectivity index (χ0n) is 18.4. The number of hydrogen-bond acceptors (Lipinski definition) is 8. The highest BCUT2D eigenvalue weighted by molar-refractivity contribution is 6.11. The lowest BCUT2D eigenvalue weighted by molar-refractivity contribution is 0.0894. The molecule has 1 fully saturated rings. The molecule has 174 valence electrons. The van der Waals surface area contributed by atoms with E-state index in [-0.39, 0.29) is 46.7 Å². The predicted molar refractivity (Wildman–Crippen MR) is 125 cm³/mol. The molecule has 1 aliphatic heterocycles. The molecule has 2 amide bonds. The molecule has 6 N–H and O–H groups in total. The van der Waals surface area contributed by atoms with Gasteiger partial charge in [-0.25, -0.2) is 9.97 Å². The number of benzene rings is 2. The van der Waals surface area contributed by atoms with E-state index in [1.54, 1.807) is 49.4 Å². The minimum atomic E-state index is -0.413. The van der Waals surface area contributed by atoms with Crippen molar-refractivity contribution in [2.45, 2.75) is 19.0 Å². The molecule has 0 saturated carbocycles. The van der Waals surface area contributed by atoms with Crippen molar-refractivity contribution in [3.8, 4) is 5.75 Å². The fourth-order valence-corrected chi connectivity index (χ4v) is 3.75. The molecule has 2 atom stereocenters. The molecule has 2 heterocycles. The Bertz CT molecular complexity index is 1240. The van der Waals surface area contributed by atoms with E-state index in [2.05, 4.69) is 25.9 Å². The van der Waals surface area contributed by atoms with Crippen molar-refractivity contribution >= 4 is 23.5 Å². The fraction of sp³-hybridized carbons (Fsp3) is 0.208. The van der Waals surface area contributed by atoms with Crippen LogP contribution in [0.2, 0.25) is 0 Å². The Balaban J connectivity index is 1.40. The van der Waals surface area contributed by atoms with Crippen LogP contribution in [0, 0.1) is 6.92 Å². The van der Waals surface area contributed by atoms with E-state index in [1.807, 2.05) is 0 Å². The number of para-hydroxylation sites is 1. The molecule has 0 aliphatic carbocycles. The summed E-state index contributed by atoms with van der Waals surface area (Å²) in [6, 6.07) is 11.9. The number of nitrogen functional groups attached to an aromatic ring is 1. The SMILES string of the molecule is Cc1cccc(C(=O)c2ccc(C(=O)N[C@@H]3CNC[C@H]3NC(=O)c3ccnc(N)n3)cc2)c1O. The highest BCUT2D eigenvalue weighted by atomic mass is 16.3. The molecule has 0 bridgehead atoms. The fourth-order valence-electron chi connectivity index (χ4n) is 3.75. The van der Waals surface area contributed by atoms with Gasteiger partial charge in [0, 0.05) is 30.4 Å². The maximum Gasteiger partial charge on any atom is 0.270 e.